The number of amides is 2. The van der Waals surface area contributed by atoms with Crippen LogP contribution in [0.2, 0.25) is 5.02 Å². The van der Waals surface area contributed by atoms with E-state index in [1.807, 2.05) is 0 Å². The van der Waals surface area contributed by atoms with Gasteiger partial charge in [0.05, 0.1) is 12.2 Å². The number of ether oxygens (including phenoxy) is 2. The van der Waals surface area contributed by atoms with E-state index in [9.17, 15) is 14.4 Å². The predicted octanol–water partition coefficient (Wildman–Crippen LogP) is 5.52. The predicted molar refractivity (Wildman–Crippen MR) is 127 cm³/mol. The van der Waals surface area contributed by atoms with Crippen LogP contribution in [0.25, 0.3) is 11.1 Å². The Bertz CT molecular complexity index is 1030. The molecule has 2 aromatic rings. The maximum atomic E-state index is 13.0. The molecule has 0 aliphatic carbocycles. The van der Waals surface area contributed by atoms with Gasteiger partial charge in [0.25, 0.3) is 0 Å². The van der Waals surface area contributed by atoms with E-state index in [1.54, 1.807) is 70.2 Å². The molecule has 1 heterocycles. The van der Waals surface area contributed by atoms with Crippen molar-refractivity contribution in [1.29, 1.82) is 0 Å². The third kappa shape index (κ3) is 6.26. The number of nitrogens with one attached hydrogen (secondary N) is 1. The van der Waals surface area contributed by atoms with Crippen LogP contribution in [0.15, 0.2) is 42.5 Å². The summed E-state index contributed by atoms with van der Waals surface area (Å²) in [6.45, 7) is 7.93. The largest absolute Gasteiger partial charge is 0.462 e. The Labute approximate surface area is 199 Å². The summed E-state index contributed by atoms with van der Waals surface area (Å²) in [4.78, 5) is 38.8. The van der Waals surface area contributed by atoms with E-state index in [4.69, 9.17) is 21.1 Å². The summed E-state index contributed by atoms with van der Waals surface area (Å²) in [6, 6.07) is 11.5. The zero-order valence-corrected chi connectivity index (χ0v) is 20.1. The van der Waals surface area contributed by atoms with Crippen molar-refractivity contribution in [2.75, 3.05) is 18.5 Å². The number of benzene rings is 2. The Kier molecular flexibility index (Phi) is 7.64. The van der Waals surface area contributed by atoms with E-state index in [2.05, 4.69) is 5.32 Å². The van der Waals surface area contributed by atoms with Crippen molar-refractivity contribution in [1.82, 2.24) is 4.90 Å². The Balaban J connectivity index is 1.75. The van der Waals surface area contributed by atoms with Crippen molar-refractivity contribution in [2.24, 2.45) is 0 Å². The van der Waals surface area contributed by atoms with Crippen LogP contribution in [0.4, 0.5) is 10.5 Å². The number of nitrogens with zero attached hydrogens (tertiary/aromatic N) is 1. The minimum Gasteiger partial charge on any atom is -0.462 e. The standard InChI is InChI=1S/C25H29ClN2O5/c1-5-32-23(30)17-10-8-16(9-11-17)19-15-18(12-13-20(19)26)27-22(29)21-7-6-14-28(21)24(31)33-25(2,3)4/h8-13,15,21H,5-7,14H2,1-4H3,(H,27,29). The fraction of sp³-hybridized carbons (Fsp3) is 0.400. The van der Waals surface area contributed by atoms with Gasteiger partial charge >= 0.3 is 12.1 Å². The van der Waals surface area contributed by atoms with Crippen LogP contribution in [0.5, 0.6) is 0 Å². The third-order valence-corrected chi connectivity index (χ3v) is 5.45. The summed E-state index contributed by atoms with van der Waals surface area (Å²) in [5, 5.41) is 3.40. The summed E-state index contributed by atoms with van der Waals surface area (Å²) in [7, 11) is 0. The van der Waals surface area contributed by atoms with Crippen molar-refractivity contribution in [3.8, 4) is 11.1 Å². The lowest BCUT2D eigenvalue weighted by Gasteiger charge is -2.28. The first-order valence-electron chi connectivity index (χ1n) is 11.0. The lowest BCUT2D eigenvalue weighted by atomic mass is 10.0. The summed E-state index contributed by atoms with van der Waals surface area (Å²) in [5.41, 5.74) is 1.88. The van der Waals surface area contributed by atoms with Crippen molar-refractivity contribution in [3.05, 3.63) is 53.1 Å². The van der Waals surface area contributed by atoms with Crippen molar-refractivity contribution >= 4 is 35.3 Å². The second-order valence-corrected chi connectivity index (χ2v) is 9.22. The molecule has 0 bridgehead atoms. The number of rotatable bonds is 5. The molecule has 1 unspecified atom stereocenters. The summed E-state index contributed by atoms with van der Waals surface area (Å²) >= 11 is 6.40. The van der Waals surface area contributed by atoms with E-state index < -0.39 is 17.7 Å². The van der Waals surface area contributed by atoms with Gasteiger partial charge in [-0.15, -0.1) is 0 Å². The monoisotopic (exact) mass is 472 g/mol. The highest BCUT2D eigenvalue weighted by atomic mass is 35.5. The van der Waals surface area contributed by atoms with E-state index in [-0.39, 0.29) is 11.9 Å². The first-order chi connectivity index (χ1) is 15.6. The van der Waals surface area contributed by atoms with E-state index in [1.165, 1.54) is 4.90 Å². The number of carbonyl (C=O) groups is 3. The fourth-order valence-electron chi connectivity index (χ4n) is 3.63. The second kappa shape index (κ2) is 10.3. The molecule has 0 radical (unpaired) electrons. The van der Waals surface area contributed by atoms with Crippen LogP contribution in [-0.4, -0.2) is 47.7 Å². The minimum absolute atomic E-state index is 0.274. The maximum absolute atomic E-state index is 13.0. The average Bonchev–Trinajstić information content (AvgIpc) is 3.25. The quantitative estimate of drug-likeness (QED) is 0.579. The average molecular weight is 473 g/mol. The van der Waals surface area contributed by atoms with Gasteiger partial charge in [-0.3, -0.25) is 9.69 Å². The van der Waals surface area contributed by atoms with Gasteiger partial charge in [-0.05, 0) is 76.4 Å². The van der Waals surface area contributed by atoms with Crippen molar-refractivity contribution < 1.29 is 23.9 Å². The van der Waals surface area contributed by atoms with Crippen LogP contribution in [0.3, 0.4) is 0 Å². The first-order valence-corrected chi connectivity index (χ1v) is 11.3. The molecule has 1 aliphatic rings. The summed E-state index contributed by atoms with van der Waals surface area (Å²) < 4.78 is 10.5. The number of hydrogen-bond acceptors (Lipinski definition) is 5. The molecular formula is C25H29ClN2O5. The highest BCUT2D eigenvalue weighted by Gasteiger charge is 2.36. The van der Waals surface area contributed by atoms with Crippen molar-refractivity contribution in [3.63, 3.8) is 0 Å². The minimum atomic E-state index is -0.630. The van der Waals surface area contributed by atoms with Crippen LogP contribution in [-0.2, 0) is 14.3 Å². The van der Waals surface area contributed by atoms with Gasteiger partial charge in [0.1, 0.15) is 11.6 Å². The SMILES string of the molecule is CCOC(=O)c1ccc(-c2cc(NC(=O)C3CCCN3C(=O)OC(C)(C)C)ccc2Cl)cc1. The van der Waals surface area contributed by atoms with Gasteiger partial charge < -0.3 is 14.8 Å². The van der Waals surface area contributed by atoms with E-state index >= 15 is 0 Å². The topological polar surface area (TPSA) is 84.9 Å². The molecule has 0 spiro atoms. The lowest BCUT2D eigenvalue weighted by molar-refractivity contribution is -0.120. The lowest BCUT2D eigenvalue weighted by Crippen LogP contribution is -2.45. The van der Waals surface area contributed by atoms with Crippen LogP contribution >= 0.6 is 11.6 Å². The molecule has 0 aromatic heterocycles. The fourth-order valence-corrected chi connectivity index (χ4v) is 3.86. The van der Waals surface area contributed by atoms with Crippen LogP contribution in [0.1, 0.15) is 50.9 Å². The molecule has 33 heavy (non-hydrogen) atoms. The van der Waals surface area contributed by atoms with Gasteiger partial charge in [0.2, 0.25) is 5.91 Å². The molecule has 2 amide bonds. The molecule has 1 atom stereocenters. The summed E-state index contributed by atoms with van der Waals surface area (Å²) in [5.74, 6) is -0.661. The Morgan fingerprint density at radius 3 is 2.45 bits per heavy atom. The highest BCUT2D eigenvalue weighted by molar-refractivity contribution is 6.33. The number of anilines is 1. The number of carbonyl (C=O) groups excluding carboxylic acids is 3. The molecule has 2 aromatic carbocycles. The molecule has 3 rings (SSSR count). The Hall–Kier alpha value is -3.06. The number of halogens is 1. The molecular weight excluding hydrogens is 444 g/mol. The zero-order valence-electron chi connectivity index (χ0n) is 19.3. The smallest absolute Gasteiger partial charge is 0.410 e. The molecule has 0 saturated carbocycles. The molecule has 1 saturated heterocycles. The van der Waals surface area contributed by atoms with Crippen molar-refractivity contribution in [2.45, 2.75) is 52.2 Å². The molecule has 1 N–H and O–H groups in total. The highest BCUT2D eigenvalue weighted by Crippen LogP contribution is 2.31. The molecule has 1 aliphatic heterocycles. The van der Waals surface area contributed by atoms with Gasteiger partial charge in [-0.2, -0.15) is 0 Å². The van der Waals surface area contributed by atoms with Gasteiger partial charge in [-0.25, -0.2) is 9.59 Å². The van der Waals surface area contributed by atoms with E-state index in [0.29, 0.717) is 41.4 Å². The van der Waals surface area contributed by atoms with Gasteiger partial charge in [0, 0.05) is 22.8 Å². The first kappa shape index (κ1) is 24.6. The molecule has 7 nitrogen and oxygen atoms in total. The van der Waals surface area contributed by atoms with E-state index in [0.717, 1.165) is 12.0 Å². The zero-order chi connectivity index (χ0) is 24.2. The maximum Gasteiger partial charge on any atom is 0.410 e. The van der Waals surface area contributed by atoms with Crippen LogP contribution < -0.4 is 5.32 Å². The van der Waals surface area contributed by atoms with Crippen LogP contribution in [0, 0.1) is 0 Å². The number of esters is 1. The normalized spacial score (nSPS) is 15.8. The second-order valence-electron chi connectivity index (χ2n) is 8.81. The molecule has 8 heteroatoms. The summed E-state index contributed by atoms with van der Waals surface area (Å²) in [6.07, 6.45) is 0.815. The molecule has 1 fully saturated rings. The van der Waals surface area contributed by atoms with Gasteiger partial charge in [-0.1, -0.05) is 23.7 Å². The number of hydrogen-bond donors (Lipinski definition) is 1. The Morgan fingerprint density at radius 2 is 1.82 bits per heavy atom. The van der Waals surface area contributed by atoms with Gasteiger partial charge in [0.15, 0.2) is 0 Å². The number of likely N-dealkylation sites (tertiary alicyclic amines) is 1. The third-order valence-electron chi connectivity index (χ3n) is 5.12. The Morgan fingerprint density at radius 1 is 1.12 bits per heavy atom. The molecule has 176 valence electrons.